The van der Waals surface area contributed by atoms with E-state index in [-0.39, 0.29) is 24.4 Å². The van der Waals surface area contributed by atoms with Crippen LogP contribution >= 0.6 is 11.6 Å². The number of hydrogen-bond acceptors (Lipinski definition) is 4. The molecule has 4 nitrogen and oxygen atoms in total. The molecule has 44 heavy (non-hydrogen) atoms. The third-order valence-electron chi connectivity index (χ3n) is 8.87. The van der Waals surface area contributed by atoms with Crippen LogP contribution in [-0.2, 0) is 19.1 Å². The summed E-state index contributed by atoms with van der Waals surface area (Å²) >= 11 is 5.97. The number of alkyl halides is 1. The van der Waals surface area contributed by atoms with Gasteiger partial charge in [-0.05, 0) is 12.8 Å². The van der Waals surface area contributed by atoms with E-state index >= 15 is 0 Å². The van der Waals surface area contributed by atoms with E-state index in [0.717, 1.165) is 25.7 Å². The zero-order valence-electron chi connectivity index (χ0n) is 29.6. The molecule has 262 valence electrons. The molecule has 0 N–H and O–H groups in total. The van der Waals surface area contributed by atoms with Crippen LogP contribution in [0, 0.1) is 0 Å². The molecule has 0 radical (unpaired) electrons. The second-order valence-electron chi connectivity index (χ2n) is 13.3. The van der Waals surface area contributed by atoms with Crippen molar-refractivity contribution in [3.05, 3.63) is 0 Å². The molecule has 0 fully saturated rings. The van der Waals surface area contributed by atoms with Crippen molar-refractivity contribution in [2.45, 2.75) is 225 Å². The van der Waals surface area contributed by atoms with Gasteiger partial charge in [0.1, 0.15) is 12.7 Å². The Morgan fingerprint density at radius 2 is 0.705 bits per heavy atom. The predicted molar refractivity (Wildman–Crippen MR) is 191 cm³/mol. The molecule has 0 heterocycles. The minimum absolute atomic E-state index is 0.0612. The summed E-state index contributed by atoms with van der Waals surface area (Å²) in [6.07, 6.45) is 39.4. The van der Waals surface area contributed by atoms with Crippen molar-refractivity contribution in [3.63, 3.8) is 0 Å². The molecule has 0 spiro atoms. The summed E-state index contributed by atoms with van der Waals surface area (Å²) < 4.78 is 10.8. The standard InChI is InChI=1S/C39H75ClO4/c1-3-5-7-9-11-13-15-17-19-21-23-25-27-29-31-33-38(41)43-36-37(35-40)44-39(42)34-32-30-28-26-24-22-20-18-16-14-12-10-8-6-4-2/h37H,3-36H2,1-2H3/t37-/m1/s1. The molecule has 0 aliphatic carbocycles. The maximum Gasteiger partial charge on any atom is 0.306 e. The number of carbonyl (C=O) groups excluding carboxylic acids is 2. The lowest BCUT2D eigenvalue weighted by molar-refractivity contribution is -0.157. The molecular formula is C39H75ClO4. The molecule has 0 aliphatic heterocycles. The van der Waals surface area contributed by atoms with Crippen LogP contribution < -0.4 is 0 Å². The maximum atomic E-state index is 12.2. The highest BCUT2D eigenvalue weighted by Crippen LogP contribution is 2.16. The molecule has 0 aromatic carbocycles. The fourth-order valence-corrected chi connectivity index (χ4v) is 6.05. The van der Waals surface area contributed by atoms with Crippen LogP contribution in [0.3, 0.4) is 0 Å². The Kier molecular flexibility index (Phi) is 36.1. The van der Waals surface area contributed by atoms with Gasteiger partial charge in [0, 0.05) is 12.8 Å². The Labute approximate surface area is 279 Å². The summed E-state index contributed by atoms with van der Waals surface area (Å²) in [6.45, 7) is 4.61. The van der Waals surface area contributed by atoms with Crippen LogP contribution in [0.25, 0.3) is 0 Å². The Balaban J connectivity index is 3.49. The minimum atomic E-state index is -0.550. The van der Waals surface area contributed by atoms with Crippen molar-refractivity contribution >= 4 is 23.5 Å². The molecule has 5 heteroatoms. The Morgan fingerprint density at radius 3 is 1.00 bits per heavy atom. The van der Waals surface area contributed by atoms with Gasteiger partial charge >= 0.3 is 11.9 Å². The second kappa shape index (κ2) is 36.7. The molecule has 1 atom stereocenters. The lowest BCUT2D eigenvalue weighted by Gasteiger charge is -2.15. The summed E-state index contributed by atoms with van der Waals surface area (Å²) in [7, 11) is 0. The zero-order valence-corrected chi connectivity index (χ0v) is 30.4. The van der Waals surface area contributed by atoms with Crippen LogP contribution in [0.15, 0.2) is 0 Å². The third kappa shape index (κ3) is 34.1. The van der Waals surface area contributed by atoms with Crippen LogP contribution in [0.5, 0.6) is 0 Å². The normalized spacial score (nSPS) is 12.0. The monoisotopic (exact) mass is 643 g/mol. The molecule has 0 aromatic heterocycles. The van der Waals surface area contributed by atoms with Crippen molar-refractivity contribution in [2.24, 2.45) is 0 Å². The van der Waals surface area contributed by atoms with Crippen LogP contribution in [-0.4, -0.2) is 30.5 Å². The van der Waals surface area contributed by atoms with Crippen LogP contribution in [0.4, 0.5) is 0 Å². The lowest BCUT2D eigenvalue weighted by Crippen LogP contribution is -2.26. The van der Waals surface area contributed by atoms with E-state index in [0.29, 0.717) is 12.8 Å². The number of carbonyl (C=O) groups is 2. The van der Waals surface area contributed by atoms with E-state index in [2.05, 4.69) is 13.8 Å². The van der Waals surface area contributed by atoms with E-state index in [9.17, 15) is 9.59 Å². The van der Waals surface area contributed by atoms with Crippen molar-refractivity contribution in [3.8, 4) is 0 Å². The fourth-order valence-electron chi connectivity index (χ4n) is 5.89. The van der Waals surface area contributed by atoms with Gasteiger partial charge in [-0.3, -0.25) is 9.59 Å². The summed E-state index contributed by atoms with van der Waals surface area (Å²) in [5.41, 5.74) is 0. The van der Waals surface area contributed by atoms with Crippen LogP contribution in [0.2, 0.25) is 0 Å². The van der Waals surface area contributed by atoms with E-state index in [1.807, 2.05) is 0 Å². The highest BCUT2D eigenvalue weighted by Gasteiger charge is 2.16. The zero-order chi connectivity index (χ0) is 32.2. The Hall–Kier alpha value is -0.770. The van der Waals surface area contributed by atoms with Gasteiger partial charge in [0.2, 0.25) is 0 Å². The van der Waals surface area contributed by atoms with E-state index in [4.69, 9.17) is 21.1 Å². The Bertz CT molecular complexity index is 597. The number of hydrogen-bond donors (Lipinski definition) is 0. The lowest BCUT2D eigenvalue weighted by atomic mass is 10.0. The Morgan fingerprint density at radius 1 is 0.432 bits per heavy atom. The quantitative estimate of drug-likeness (QED) is 0.0387. The third-order valence-corrected chi connectivity index (χ3v) is 9.21. The number of ether oxygens (including phenoxy) is 2. The maximum absolute atomic E-state index is 12.2. The first-order chi connectivity index (χ1) is 21.6. The van der Waals surface area contributed by atoms with Gasteiger partial charge in [-0.25, -0.2) is 0 Å². The minimum Gasteiger partial charge on any atom is -0.462 e. The van der Waals surface area contributed by atoms with Crippen molar-refractivity contribution in [2.75, 3.05) is 12.5 Å². The molecule has 0 amide bonds. The largest absolute Gasteiger partial charge is 0.462 e. The van der Waals surface area contributed by atoms with Gasteiger partial charge in [-0.15, -0.1) is 11.6 Å². The van der Waals surface area contributed by atoms with E-state index in [1.54, 1.807) is 0 Å². The molecule has 0 unspecified atom stereocenters. The summed E-state index contributed by atoms with van der Waals surface area (Å²) in [5.74, 6) is -0.298. The average Bonchev–Trinajstić information content (AvgIpc) is 3.02. The molecule has 0 rings (SSSR count). The van der Waals surface area contributed by atoms with Crippen LogP contribution in [0.1, 0.15) is 219 Å². The van der Waals surface area contributed by atoms with E-state index < -0.39 is 6.10 Å². The van der Waals surface area contributed by atoms with E-state index in [1.165, 1.54) is 167 Å². The summed E-state index contributed by atoms with van der Waals surface area (Å²) in [6, 6.07) is 0. The summed E-state index contributed by atoms with van der Waals surface area (Å²) in [4.78, 5) is 24.3. The fraction of sp³-hybridized carbons (Fsp3) is 0.949. The second-order valence-corrected chi connectivity index (χ2v) is 13.7. The van der Waals surface area contributed by atoms with Gasteiger partial charge in [0.15, 0.2) is 0 Å². The molecule has 0 bridgehead atoms. The van der Waals surface area contributed by atoms with Crippen molar-refractivity contribution < 1.29 is 19.1 Å². The first kappa shape index (κ1) is 43.2. The highest BCUT2D eigenvalue weighted by atomic mass is 35.5. The predicted octanol–water partition coefficient (Wildman–Crippen LogP) is 13.2. The molecule has 0 aliphatic rings. The smallest absolute Gasteiger partial charge is 0.306 e. The van der Waals surface area contributed by atoms with Gasteiger partial charge in [-0.2, -0.15) is 0 Å². The SMILES string of the molecule is CCCCCCCCCCCCCCCCCC(=O)OC[C@@H](CCl)OC(=O)CCCCCCCCCCCCCCCCC. The summed E-state index contributed by atoms with van der Waals surface area (Å²) in [5, 5.41) is 0. The van der Waals surface area contributed by atoms with Crippen molar-refractivity contribution in [1.82, 2.24) is 0 Å². The molecule has 0 saturated carbocycles. The van der Waals surface area contributed by atoms with Gasteiger partial charge in [0.25, 0.3) is 0 Å². The van der Waals surface area contributed by atoms with Gasteiger partial charge in [-0.1, -0.05) is 194 Å². The van der Waals surface area contributed by atoms with Gasteiger partial charge < -0.3 is 9.47 Å². The van der Waals surface area contributed by atoms with Crippen molar-refractivity contribution in [1.29, 1.82) is 0 Å². The number of unbranched alkanes of at least 4 members (excludes halogenated alkanes) is 28. The number of esters is 2. The highest BCUT2D eigenvalue weighted by molar-refractivity contribution is 6.18. The van der Waals surface area contributed by atoms with Gasteiger partial charge in [0.05, 0.1) is 5.88 Å². The number of halogens is 1. The average molecular weight is 643 g/mol. The topological polar surface area (TPSA) is 52.6 Å². The molecule has 0 aromatic rings. The first-order valence-electron chi connectivity index (χ1n) is 19.5. The number of rotatable bonds is 36. The molecule has 0 saturated heterocycles. The first-order valence-corrected chi connectivity index (χ1v) is 20.1. The molecular weight excluding hydrogens is 568 g/mol.